The molecule has 1 unspecified atom stereocenters. The van der Waals surface area contributed by atoms with Crippen molar-refractivity contribution in [2.45, 2.75) is 12.5 Å². The minimum Gasteiger partial charge on any atom is -0.376 e. The predicted octanol–water partition coefficient (Wildman–Crippen LogP) is 0.326. The predicted molar refractivity (Wildman–Crippen MR) is 65.5 cm³/mol. The van der Waals surface area contributed by atoms with Gasteiger partial charge in [0, 0.05) is 26.2 Å². The number of benzene rings is 1. The Balaban J connectivity index is 2.17. The Bertz CT molecular complexity index is 384. The van der Waals surface area contributed by atoms with Crippen LogP contribution in [0.25, 0.3) is 0 Å². The highest BCUT2D eigenvalue weighted by atomic mass is 16.3. The number of aliphatic hydroxyl groups is 1. The molecule has 2 N–H and O–H groups in total. The van der Waals surface area contributed by atoms with Crippen molar-refractivity contribution >= 4 is 5.91 Å². The monoisotopic (exact) mass is 234 g/mol. The van der Waals surface area contributed by atoms with Crippen LogP contribution < -0.4 is 5.32 Å². The zero-order valence-electron chi connectivity index (χ0n) is 10.0. The van der Waals surface area contributed by atoms with E-state index in [-0.39, 0.29) is 5.91 Å². The summed E-state index contributed by atoms with van der Waals surface area (Å²) in [6.07, 6.45) is 0. The normalized spacial score (nSPS) is 19.8. The van der Waals surface area contributed by atoms with E-state index in [0.717, 1.165) is 13.1 Å². The average molecular weight is 234 g/mol. The number of hydrogen-bond donors (Lipinski definition) is 2. The molecule has 1 saturated heterocycles. The van der Waals surface area contributed by atoms with E-state index in [4.69, 9.17) is 0 Å². The van der Waals surface area contributed by atoms with Gasteiger partial charge in [0.05, 0.1) is 0 Å². The minimum absolute atomic E-state index is 0.217. The SMILES string of the molecule is CC(O)(C(=O)N1CCNCC1)c1ccccc1. The summed E-state index contributed by atoms with van der Waals surface area (Å²) >= 11 is 0. The van der Waals surface area contributed by atoms with Crippen LogP contribution in [0.3, 0.4) is 0 Å². The van der Waals surface area contributed by atoms with Gasteiger partial charge in [0.2, 0.25) is 0 Å². The summed E-state index contributed by atoms with van der Waals surface area (Å²) in [5, 5.41) is 13.6. The van der Waals surface area contributed by atoms with Gasteiger partial charge in [-0.2, -0.15) is 0 Å². The fourth-order valence-electron chi connectivity index (χ4n) is 2.06. The molecule has 17 heavy (non-hydrogen) atoms. The number of hydrogen-bond acceptors (Lipinski definition) is 3. The van der Waals surface area contributed by atoms with Crippen molar-refractivity contribution in [2.24, 2.45) is 0 Å². The lowest BCUT2D eigenvalue weighted by Crippen LogP contribution is -2.52. The van der Waals surface area contributed by atoms with E-state index in [1.54, 1.807) is 24.0 Å². The number of rotatable bonds is 2. The molecule has 0 saturated carbocycles. The molecule has 1 atom stereocenters. The maximum atomic E-state index is 12.3. The Morgan fingerprint density at radius 1 is 1.29 bits per heavy atom. The van der Waals surface area contributed by atoms with Crippen LogP contribution in [-0.4, -0.2) is 42.1 Å². The van der Waals surface area contributed by atoms with Gasteiger partial charge in [-0.1, -0.05) is 30.3 Å². The van der Waals surface area contributed by atoms with Gasteiger partial charge in [-0.15, -0.1) is 0 Å². The Hall–Kier alpha value is -1.39. The molecule has 1 aliphatic rings. The van der Waals surface area contributed by atoms with Crippen LogP contribution in [0.1, 0.15) is 12.5 Å². The third-order valence-electron chi connectivity index (χ3n) is 3.16. The largest absolute Gasteiger partial charge is 0.376 e. The van der Waals surface area contributed by atoms with Crippen molar-refractivity contribution in [1.29, 1.82) is 0 Å². The summed E-state index contributed by atoms with van der Waals surface area (Å²) in [5.74, 6) is -0.217. The molecule has 1 aromatic rings. The zero-order valence-corrected chi connectivity index (χ0v) is 10.0. The first-order valence-electron chi connectivity index (χ1n) is 5.90. The Labute approximate surface area is 101 Å². The van der Waals surface area contributed by atoms with Crippen LogP contribution in [0.2, 0.25) is 0 Å². The fraction of sp³-hybridized carbons (Fsp3) is 0.462. The van der Waals surface area contributed by atoms with Gasteiger partial charge in [0.15, 0.2) is 5.60 Å². The van der Waals surface area contributed by atoms with Gasteiger partial charge in [0.1, 0.15) is 0 Å². The van der Waals surface area contributed by atoms with Crippen LogP contribution in [0.4, 0.5) is 0 Å². The van der Waals surface area contributed by atoms with E-state index >= 15 is 0 Å². The van der Waals surface area contributed by atoms with Crippen molar-refractivity contribution in [3.05, 3.63) is 35.9 Å². The van der Waals surface area contributed by atoms with Gasteiger partial charge < -0.3 is 15.3 Å². The van der Waals surface area contributed by atoms with Crippen LogP contribution in [0.5, 0.6) is 0 Å². The Morgan fingerprint density at radius 3 is 2.47 bits per heavy atom. The number of carbonyl (C=O) groups is 1. The Morgan fingerprint density at radius 2 is 1.88 bits per heavy atom. The van der Waals surface area contributed by atoms with Crippen LogP contribution in [-0.2, 0) is 10.4 Å². The third-order valence-corrected chi connectivity index (χ3v) is 3.16. The molecule has 4 nitrogen and oxygen atoms in total. The standard InChI is InChI=1S/C13H18N2O2/c1-13(17,11-5-3-2-4-6-11)12(16)15-9-7-14-8-10-15/h2-6,14,17H,7-10H2,1H3. The summed E-state index contributed by atoms with van der Waals surface area (Å²) in [6, 6.07) is 9.08. The molecule has 0 aromatic heterocycles. The number of nitrogens with zero attached hydrogens (tertiary/aromatic N) is 1. The molecular weight excluding hydrogens is 216 g/mol. The summed E-state index contributed by atoms with van der Waals surface area (Å²) in [4.78, 5) is 14.0. The molecule has 0 aliphatic carbocycles. The third kappa shape index (κ3) is 2.48. The molecule has 1 aliphatic heterocycles. The lowest BCUT2D eigenvalue weighted by Gasteiger charge is -2.33. The molecule has 0 spiro atoms. The second kappa shape index (κ2) is 4.85. The highest BCUT2D eigenvalue weighted by Crippen LogP contribution is 2.23. The highest BCUT2D eigenvalue weighted by molar-refractivity contribution is 5.86. The van der Waals surface area contributed by atoms with Crippen molar-refractivity contribution in [3.8, 4) is 0 Å². The van der Waals surface area contributed by atoms with Crippen LogP contribution in [0.15, 0.2) is 30.3 Å². The molecule has 1 amide bonds. The van der Waals surface area contributed by atoms with E-state index in [2.05, 4.69) is 5.32 Å². The van der Waals surface area contributed by atoms with Gasteiger partial charge in [0.25, 0.3) is 5.91 Å². The van der Waals surface area contributed by atoms with Crippen LogP contribution >= 0.6 is 0 Å². The molecule has 1 heterocycles. The molecule has 2 rings (SSSR count). The van der Waals surface area contributed by atoms with Gasteiger partial charge in [-0.3, -0.25) is 4.79 Å². The summed E-state index contributed by atoms with van der Waals surface area (Å²) < 4.78 is 0. The quantitative estimate of drug-likeness (QED) is 0.775. The van der Waals surface area contributed by atoms with Gasteiger partial charge in [-0.25, -0.2) is 0 Å². The lowest BCUT2D eigenvalue weighted by molar-refractivity contribution is -0.151. The zero-order chi connectivity index (χ0) is 12.3. The fourth-order valence-corrected chi connectivity index (χ4v) is 2.06. The van der Waals surface area contributed by atoms with E-state index in [9.17, 15) is 9.90 Å². The number of carbonyl (C=O) groups excluding carboxylic acids is 1. The molecule has 0 bridgehead atoms. The molecule has 92 valence electrons. The van der Waals surface area contributed by atoms with E-state index in [1.807, 2.05) is 18.2 Å². The smallest absolute Gasteiger partial charge is 0.258 e. The first-order chi connectivity index (χ1) is 8.12. The topological polar surface area (TPSA) is 52.6 Å². The maximum absolute atomic E-state index is 12.3. The second-order valence-corrected chi connectivity index (χ2v) is 4.48. The molecule has 0 radical (unpaired) electrons. The number of nitrogens with one attached hydrogen (secondary N) is 1. The highest BCUT2D eigenvalue weighted by Gasteiger charge is 2.36. The molecule has 4 heteroatoms. The van der Waals surface area contributed by atoms with Crippen molar-refractivity contribution in [1.82, 2.24) is 10.2 Å². The van der Waals surface area contributed by atoms with Crippen molar-refractivity contribution < 1.29 is 9.90 Å². The average Bonchev–Trinajstić information content (AvgIpc) is 2.40. The summed E-state index contributed by atoms with van der Waals surface area (Å²) in [5.41, 5.74) is -0.790. The molecule has 1 fully saturated rings. The van der Waals surface area contributed by atoms with E-state index in [1.165, 1.54) is 0 Å². The van der Waals surface area contributed by atoms with Gasteiger partial charge in [-0.05, 0) is 12.5 Å². The number of amides is 1. The van der Waals surface area contributed by atoms with Gasteiger partial charge >= 0.3 is 0 Å². The number of piperazine rings is 1. The summed E-state index contributed by atoms with van der Waals surface area (Å²) in [6.45, 7) is 4.45. The van der Waals surface area contributed by atoms with E-state index < -0.39 is 5.60 Å². The van der Waals surface area contributed by atoms with Crippen molar-refractivity contribution in [3.63, 3.8) is 0 Å². The van der Waals surface area contributed by atoms with E-state index in [0.29, 0.717) is 18.7 Å². The first-order valence-corrected chi connectivity index (χ1v) is 5.90. The maximum Gasteiger partial charge on any atom is 0.258 e. The minimum atomic E-state index is -1.43. The first kappa shape index (κ1) is 12.1. The lowest BCUT2D eigenvalue weighted by atomic mass is 9.94. The summed E-state index contributed by atoms with van der Waals surface area (Å²) in [7, 11) is 0. The Kier molecular flexibility index (Phi) is 3.45. The molecular formula is C13H18N2O2. The van der Waals surface area contributed by atoms with Crippen molar-refractivity contribution in [2.75, 3.05) is 26.2 Å². The molecule has 1 aromatic carbocycles. The second-order valence-electron chi connectivity index (χ2n) is 4.48. The van der Waals surface area contributed by atoms with Crippen LogP contribution in [0, 0.1) is 0 Å².